The van der Waals surface area contributed by atoms with E-state index in [1.54, 1.807) is 12.1 Å². The molecule has 1 heterocycles. The Morgan fingerprint density at radius 1 is 1.29 bits per heavy atom. The molecule has 0 atom stereocenters. The largest absolute Gasteiger partial charge is 0.431 e. The van der Waals surface area contributed by atoms with Gasteiger partial charge in [0.25, 0.3) is 4.80 Å². The number of rotatable bonds is 1. The molecular weight excluding hydrogens is 249 g/mol. The van der Waals surface area contributed by atoms with E-state index in [4.69, 9.17) is 4.42 Å². The Kier molecular flexibility index (Phi) is 2.37. The lowest BCUT2D eigenvalue weighted by Gasteiger charge is -1.96. The van der Waals surface area contributed by atoms with Crippen LogP contribution in [0.1, 0.15) is 5.69 Å². The van der Waals surface area contributed by atoms with Crippen LogP contribution in [0.3, 0.4) is 0 Å². The van der Waals surface area contributed by atoms with Crippen LogP contribution in [-0.4, -0.2) is 4.98 Å². The summed E-state index contributed by atoms with van der Waals surface area (Å²) < 4.78 is 18.0. The number of hydrogen-bond acceptors (Lipinski definition) is 2. The maximum atomic E-state index is 12.7. The van der Waals surface area contributed by atoms with E-state index >= 15 is 0 Å². The average molecular weight is 256 g/mol. The number of aromatic nitrogens is 1. The van der Waals surface area contributed by atoms with Crippen molar-refractivity contribution < 1.29 is 8.81 Å². The third-order valence-corrected chi connectivity index (χ3v) is 2.22. The summed E-state index contributed by atoms with van der Waals surface area (Å²) in [5, 5.41) is 0. The number of halogens is 2. The van der Waals surface area contributed by atoms with E-state index < -0.39 is 0 Å². The van der Waals surface area contributed by atoms with Gasteiger partial charge in [-0.1, -0.05) is 0 Å². The maximum absolute atomic E-state index is 12.7. The number of nitrogens with zero attached hydrogens (tertiary/aromatic N) is 1. The van der Waals surface area contributed by atoms with Crippen LogP contribution in [0.4, 0.5) is 4.39 Å². The lowest BCUT2D eigenvalue weighted by molar-refractivity contribution is 0.541. The van der Waals surface area contributed by atoms with Gasteiger partial charge in [-0.2, -0.15) is 0 Å². The molecule has 0 unspecified atom stereocenters. The van der Waals surface area contributed by atoms with Crippen molar-refractivity contribution in [1.29, 1.82) is 0 Å². The molecule has 0 saturated heterocycles. The van der Waals surface area contributed by atoms with Crippen molar-refractivity contribution in [3.63, 3.8) is 0 Å². The van der Waals surface area contributed by atoms with Gasteiger partial charge in [0.2, 0.25) is 0 Å². The highest BCUT2D eigenvalue weighted by molar-refractivity contribution is 9.10. The second-order valence-electron chi connectivity index (χ2n) is 2.89. The molecule has 0 bridgehead atoms. The molecule has 0 N–H and O–H groups in total. The highest BCUT2D eigenvalue weighted by atomic mass is 79.9. The molecule has 0 aliphatic rings. The summed E-state index contributed by atoms with van der Waals surface area (Å²) in [4.78, 5) is 4.51. The number of hydrogen-bond donors (Lipinski definition) is 0. The number of aryl methyl sites for hydroxylation is 1. The maximum Gasteiger partial charge on any atom is 0.264 e. The lowest BCUT2D eigenvalue weighted by atomic mass is 10.1. The molecule has 0 fully saturated rings. The Morgan fingerprint density at radius 2 is 1.93 bits per heavy atom. The Morgan fingerprint density at radius 3 is 2.43 bits per heavy atom. The molecular formula is C10H7BrFNO. The predicted molar refractivity (Wildman–Crippen MR) is 54.3 cm³/mol. The first-order valence-corrected chi connectivity index (χ1v) is 4.85. The monoisotopic (exact) mass is 255 g/mol. The smallest absolute Gasteiger partial charge is 0.264 e. The van der Waals surface area contributed by atoms with E-state index in [0.717, 1.165) is 11.3 Å². The van der Waals surface area contributed by atoms with Crippen LogP contribution < -0.4 is 0 Å². The summed E-state index contributed by atoms with van der Waals surface area (Å²) in [6.07, 6.45) is 0. The van der Waals surface area contributed by atoms with E-state index in [9.17, 15) is 4.39 Å². The van der Waals surface area contributed by atoms with E-state index in [1.165, 1.54) is 12.1 Å². The summed E-state index contributed by atoms with van der Waals surface area (Å²) >= 11 is 3.14. The highest BCUT2D eigenvalue weighted by Gasteiger charge is 2.09. The SMILES string of the molecule is Cc1nc(Br)oc1-c1ccc(F)cc1. The first-order chi connectivity index (χ1) is 6.66. The summed E-state index contributed by atoms with van der Waals surface area (Å²) in [6.45, 7) is 1.84. The van der Waals surface area contributed by atoms with Gasteiger partial charge in [-0.05, 0) is 31.2 Å². The van der Waals surface area contributed by atoms with Gasteiger partial charge >= 0.3 is 0 Å². The van der Waals surface area contributed by atoms with Crippen LogP contribution in [0.5, 0.6) is 0 Å². The van der Waals surface area contributed by atoms with Crippen molar-refractivity contribution in [3.8, 4) is 11.3 Å². The van der Waals surface area contributed by atoms with Gasteiger partial charge in [-0.3, -0.25) is 0 Å². The van der Waals surface area contributed by atoms with Crippen LogP contribution in [0.25, 0.3) is 11.3 Å². The molecule has 72 valence electrons. The van der Waals surface area contributed by atoms with E-state index in [2.05, 4.69) is 20.9 Å². The lowest BCUT2D eigenvalue weighted by Crippen LogP contribution is -1.79. The third kappa shape index (κ3) is 1.70. The van der Waals surface area contributed by atoms with E-state index in [-0.39, 0.29) is 5.82 Å². The minimum Gasteiger partial charge on any atom is -0.431 e. The molecule has 0 aliphatic carbocycles. The quantitative estimate of drug-likeness (QED) is 0.779. The second-order valence-corrected chi connectivity index (χ2v) is 3.57. The molecule has 4 heteroatoms. The van der Waals surface area contributed by atoms with Crippen molar-refractivity contribution in [2.45, 2.75) is 6.92 Å². The van der Waals surface area contributed by atoms with Gasteiger partial charge in [0.15, 0.2) is 5.76 Å². The van der Waals surface area contributed by atoms with Crippen molar-refractivity contribution in [2.75, 3.05) is 0 Å². The molecule has 0 radical (unpaired) electrons. The molecule has 1 aromatic carbocycles. The molecule has 14 heavy (non-hydrogen) atoms. The Balaban J connectivity index is 2.49. The first-order valence-electron chi connectivity index (χ1n) is 4.05. The molecule has 0 amide bonds. The molecule has 0 aliphatic heterocycles. The third-order valence-electron chi connectivity index (χ3n) is 1.88. The fraction of sp³-hybridized carbons (Fsp3) is 0.100. The zero-order valence-electron chi connectivity index (χ0n) is 7.42. The zero-order chi connectivity index (χ0) is 10.1. The van der Waals surface area contributed by atoms with Crippen molar-refractivity contribution >= 4 is 15.9 Å². The minimum absolute atomic E-state index is 0.259. The summed E-state index contributed by atoms with van der Waals surface area (Å²) in [7, 11) is 0. The molecule has 0 spiro atoms. The summed E-state index contributed by atoms with van der Waals surface area (Å²) in [5.74, 6) is 0.404. The van der Waals surface area contributed by atoms with Crippen molar-refractivity contribution in [3.05, 3.63) is 40.6 Å². The average Bonchev–Trinajstić information content (AvgIpc) is 2.47. The molecule has 2 rings (SSSR count). The standard InChI is InChI=1S/C10H7BrFNO/c1-6-9(14-10(11)13-6)7-2-4-8(12)5-3-7/h2-5H,1H3. The molecule has 0 saturated carbocycles. The second kappa shape index (κ2) is 3.53. The summed E-state index contributed by atoms with van der Waals surface area (Å²) in [6, 6.07) is 6.11. The molecule has 1 aromatic heterocycles. The van der Waals surface area contributed by atoms with E-state index in [0.29, 0.717) is 10.6 Å². The van der Waals surface area contributed by atoms with Gasteiger partial charge < -0.3 is 4.42 Å². The van der Waals surface area contributed by atoms with Gasteiger partial charge in [-0.15, -0.1) is 0 Å². The van der Waals surface area contributed by atoms with Crippen molar-refractivity contribution in [2.24, 2.45) is 0 Å². The fourth-order valence-electron chi connectivity index (χ4n) is 1.23. The zero-order valence-corrected chi connectivity index (χ0v) is 9.01. The molecule has 2 nitrogen and oxygen atoms in total. The van der Waals surface area contributed by atoms with Gasteiger partial charge in [0, 0.05) is 21.5 Å². The normalized spacial score (nSPS) is 10.5. The summed E-state index contributed by atoms with van der Waals surface area (Å²) in [5.41, 5.74) is 1.60. The van der Waals surface area contributed by atoms with Gasteiger partial charge in [-0.25, -0.2) is 9.37 Å². The minimum atomic E-state index is -0.259. The molecule has 2 aromatic rings. The van der Waals surface area contributed by atoms with E-state index in [1.807, 2.05) is 6.92 Å². The Labute approximate surface area is 88.9 Å². The fourth-order valence-corrected chi connectivity index (χ4v) is 1.66. The van der Waals surface area contributed by atoms with Crippen molar-refractivity contribution in [1.82, 2.24) is 4.98 Å². The van der Waals surface area contributed by atoms with Gasteiger partial charge in [0.1, 0.15) is 5.82 Å². The van der Waals surface area contributed by atoms with Crippen LogP contribution in [0, 0.1) is 12.7 Å². The topological polar surface area (TPSA) is 26.0 Å². The highest BCUT2D eigenvalue weighted by Crippen LogP contribution is 2.26. The Hall–Kier alpha value is -1.16. The van der Waals surface area contributed by atoms with Crippen LogP contribution in [-0.2, 0) is 0 Å². The van der Waals surface area contributed by atoms with Crippen LogP contribution in [0.15, 0.2) is 33.5 Å². The first kappa shape index (κ1) is 9.40. The van der Waals surface area contributed by atoms with Crippen LogP contribution in [0.2, 0.25) is 0 Å². The van der Waals surface area contributed by atoms with Crippen LogP contribution >= 0.6 is 15.9 Å². The predicted octanol–water partition coefficient (Wildman–Crippen LogP) is 3.55. The number of oxazole rings is 1. The Bertz CT molecular complexity index is 450. The number of benzene rings is 1. The van der Waals surface area contributed by atoms with Gasteiger partial charge in [0.05, 0.1) is 5.69 Å².